The number of benzene rings is 1. The van der Waals surface area contributed by atoms with Crippen molar-refractivity contribution < 1.29 is 19.4 Å². The molecule has 0 saturated heterocycles. The summed E-state index contributed by atoms with van der Waals surface area (Å²) in [6.45, 7) is 2.42. The maximum absolute atomic E-state index is 11.3. The summed E-state index contributed by atoms with van der Waals surface area (Å²) >= 11 is 1.16. The molecule has 1 aromatic carbocycles. The van der Waals surface area contributed by atoms with Crippen molar-refractivity contribution in [2.75, 3.05) is 26.1 Å². The summed E-state index contributed by atoms with van der Waals surface area (Å²) in [5.41, 5.74) is 1.78. The van der Waals surface area contributed by atoms with Crippen LogP contribution in [-0.2, 0) is 6.42 Å². The molecule has 0 unspecified atom stereocenters. The van der Waals surface area contributed by atoms with Crippen LogP contribution in [-0.4, -0.2) is 41.8 Å². The Morgan fingerprint density at radius 3 is 2.69 bits per heavy atom. The molecule has 0 spiro atoms. The Kier molecular flexibility index (Phi) is 5.22. The monoisotopic (exact) mass is 373 g/mol. The standard InChI is InChI=1S/C18H19N3O4S/c1-10-14-16(20-9-21-17(14)26-15(10)18(22)23)19-7-6-11-4-5-12(24-2)13(8-11)25-3/h4-5,8-9H,6-7H2,1-3H3,(H,22,23)(H,19,20,21). The highest BCUT2D eigenvalue weighted by atomic mass is 32.1. The summed E-state index contributed by atoms with van der Waals surface area (Å²) in [6, 6.07) is 5.80. The van der Waals surface area contributed by atoms with Crippen LogP contribution in [0, 0.1) is 6.92 Å². The van der Waals surface area contributed by atoms with Crippen LogP contribution in [0.15, 0.2) is 24.5 Å². The van der Waals surface area contributed by atoms with Gasteiger partial charge in [0.15, 0.2) is 11.5 Å². The van der Waals surface area contributed by atoms with Gasteiger partial charge in [0.2, 0.25) is 0 Å². The third kappa shape index (κ3) is 3.41. The van der Waals surface area contributed by atoms with Gasteiger partial charge >= 0.3 is 5.97 Å². The minimum absolute atomic E-state index is 0.295. The minimum atomic E-state index is -0.943. The molecule has 0 fully saturated rings. The number of methoxy groups -OCH3 is 2. The van der Waals surface area contributed by atoms with Gasteiger partial charge in [-0.1, -0.05) is 6.07 Å². The number of aromatic nitrogens is 2. The molecule has 0 saturated carbocycles. The van der Waals surface area contributed by atoms with Crippen molar-refractivity contribution in [2.24, 2.45) is 0 Å². The van der Waals surface area contributed by atoms with Gasteiger partial charge in [0.1, 0.15) is 21.9 Å². The van der Waals surface area contributed by atoms with E-state index in [4.69, 9.17) is 9.47 Å². The van der Waals surface area contributed by atoms with Crippen molar-refractivity contribution in [1.82, 2.24) is 9.97 Å². The van der Waals surface area contributed by atoms with E-state index in [0.29, 0.717) is 39.1 Å². The van der Waals surface area contributed by atoms with Crippen LogP contribution >= 0.6 is 11.3 Å². The van der Waals surface area contributed by atoms with Crippen LogP contribution < -0.4 is 14.8 Å². The number of rotatable bonds is 7. The van der Waals surface area contributed by atoms with E-state index in [1.807, 2.05) is 18.2 Å². The van der Waals surface area contributed by atoms with E-state index in [2.05, 4.69) is 15.3 Å². The quantitative estimate of drug-likeness (QED) is 0.656. The molecule has 0 bridgehead atoms. The number of carboxylic acid groups (broad SMARTS) is 1. The van der Waals surface area contributed by atoms with Gasteiger partial charge in [0.25, 0.3) is 0 Å². The summed E-state index contributed by atoms with van der Waals surface area (Å²) < 4.78 is 10.6. The minimum Gasteiger partial charge on any atom is -0.493 e. The Bertz CT molecular complexity index is 955. The molecule has 3 aromatic rings. The van der Waals surface area contributed by atoms with Crippen LogP contribution in [0.25, 0.3) is 10.2 Å². The number of aryl methyl sites for hydroxylation is 1. The molecule has 0 amide bonds. The number of fused-ring (bicyclic) bond motifs is 1. The fourth-order valence-electron chi connectivity index (χ4n) is 2.77. The smallest absolute Gasteiger partial charge is 0.346 e. The Morgan fingerprint density at radius 1 is 1.23 bits per heavy atom. The molecule has 2 aromatic heterocycles. The van der Waals surface area contributed by atoms with E-state index in [1.54, 1.807) is 21.1 Å². The lowest BCUT2D eigenvalue weighted by atomic mass is 10.1. The second kappa shape index (κ2) is 7.57. The van der Waals surface area contributed by atoms with Gasteiger partial charge in [0.05, 0.1) is 19.6 Å². The molecule has 26 heavy (non-hydrogen) atoms. The Hall–Kier alpha value is -2.87. The van der Waals surface area contributed by atoms with Crippen molar-refractivity contribution in [2.45, 2.75) is 13.3 Å². The molecule has 8 heteroatoms. The fraction of sp³-hybridized carbons (Fsp3) is 0.278. The maximum Gasteiger partial charge on any atom is 0.346 e. The van der Waals surface area contributed by atoms with Gasteiger partial charge in [-0.05, 0) is 36.6 Å². The molecule has 0 aliphatic carbocycles. The zero-order valence-electron chi connectivity index (χ0n) is 14.7. The number of carbonyl (C=O) groups is 1. The molecule has 0 aliphatic rings. The number of aromatic carboxylic acids is 1. The summed E-state index contributed by atoms with van der Waals surface area (Å²) in [5.74, 6) is 1.09. The molecule has 136 valence electrons. The third-order valence-electron chi connectivity index (χ3n) is 4.08. The predicted octanol–water partition coefficient (Wildman–Crippen LogP) is 3.37. The predicted molar refractivity (Wildman–Crippen MR) is 101 cm³/mol. The number of ether oxygens (including phenoxy) is 2. The van der Waals surface area contributed by atoms with Crippen LogP contribution in [0.1, 0.15) is 20.8 Å². The van der Waals surface area contributed by atoms with E-state index in [0.717, 1.165) is 28.7 Å². The lowest BCUT2D eigenvalue weighted by Gasteiger charge is -2.10. The van der Waals surface area contributed by atoms with Crippen LogP contribution in [0.5, 0.6) is 11.5 Å². The van der Waals surface area contributed by atoms with Gasteiger partial charge < -0.3 is 19.9 Å². The van der Waals surface area contributed by atoms with Gasteiger partial charge in [-0.25, -0.2) is 14.8 Å². The topological polar surface area (TPSA) is 93.6 Å². The zero-order chi connectivity index (χ0) is 18.7. The number of hydrogen-bond acceptors (Lipinski definition) is 7. The first-order valence-electron chi connectivity index (χ1n) is 7.97. The molecule has 0 aliphatic heterocycles. The molecule has 3 rings (SSSR count). The molecule has 0 radical (unpaired) electrons. The molecule has 7 nitrogen and oxygen atoms in total. The zero-order valence-corrected chi connectivity index (χ0v) is 15.5. The summed E-state index contributed by atoms with van der Waals surface area (Å²) in [5, 5.41) is 13.3. The summed E-state index contributed by atoms with van der Waals surface area (Å²) in [4.78, 5) is 20.8. The van der Waals surface area contributed by atoms with E-state index in [-0.39, 0.29) is 0 Å². The Balaban J connectivity index is 1.77. The van der Waals surface area contributed by atoms with Crippen molar-refractivity contribution in [1.29, 1.82) is 0 Å². The van der Waals surface area contributed by atoms with Gasteiger partial charge in [-0.2, -0.15) is 0 Å². The van der Waals surface area contributed by atoms with E-state index < -0.39 is 5.97 Å². The second-order valence-corrected chi connectivity index (χ2v) is 6.63. The van der Waals surface area contributed by atoms with Crippen molar-refractivity contribution in [3.8, 4) is 11.5 Å². The SMILES string of the molecule is COc1ccc(CCNc2ncnc3sc(C(=O)O)c(C)c23)cc1OC. The number of hydrogen-bond donors (Lipinski definition) is 2. The fourth-order valence-corrected chi connectivity index (χ4v) is 3.76. The number of nitrogens with zero attached hydrogens (tertiary/aromatic N) is 2. The molecule has 2 heterocycles. The van der Waals surface area contributed by atoms with Crippen LogP contribution in [0.4, 0.5) is 5.82 Å². The summed E-state index contributed by atoms with van der Waals surface area (Å²) in [7, 11) is 3.21. The second-order valence-electron chi connectivity index (χ2n) is 5.63. The normalized spacial score (nSPS) is 10.7. The lowest BCUT2D eigenvalue weighted by molar-refractivity contribution is 0.0701. The Labute approximate surface area is 154 Å². The first-order chi connectivity index (χ1) is 12.5. The highest BCUT2D eigenvalue weighted by Gasteiger charge is 2.18. The number of thiophene rings is 1. The van der Waals surface area contributed by atoms with Crippen molar-refractivity contribution >= 4 is 33.3 Å². The van der Waals surface area contributed by atoms with Crippen LogP contribution in [0.2, 0.25) is 0 Å². The van der Waals surface area contributed by atoms with Gasteiger partial charge in [0, 0.05) is 6.54 Å². The number of carboxylic acids is 1. The average molecular weight is 373 g/mol. The first-order valence-corrected chi connectivity index (χ1v) is 8.79. The van der Waals surface area contributed by atoms with E-state index in [9.17, 15) is 9.90 Å². The van der Waals surface area contributed by atoms with Crippen LogP contribution in [0.3, 0.4) is 0 Å². The molecular weight excluding hydrogens is 354 g/mol. The highest BCUT2D eigenvalue weighted by molar-refractivity contribution is 7.20. The largest absolute Gasteiger partial charge is 0.493 e. The van der Waals surface area contributed by atoms with Gasteiger partial charge in [-0.3, -0.25) is 0 Å². The van der Waals surface area contributed by atoms with Crippen molar-refractivity contribution in [3.63, 3.8) is 0 Å². The van der Waals surface area contributed by atoms with Gasteiger partial charge in [-0.15, -0.1) is 11.3 Å². The Morgan fingerprint density at radius 2 is 2.00 bits per heavy atom. The average Bonchev–Trinajstić information content (AvgIpc) is 2.99. The number of anilines is 1. The highest BCUT2D eigenvalue weighted by Crippen LogP contribution is 2.33. The van der Waals surface area contributed by atoms with E-state index in [1.165, 1.54) is 6.33 Å². The summed E-state index contributed by atoms with van der Waals surface area (Å²) in [6.07, 6.45) is 2.20. The lowest BCUT2D eigenvalue weighted by Crippen LogP contribution is -2.07. The molecule has 2 N–H and O–H groups in total. The molecule has 0 atom stereocenters. The maximum atomic E-state index is 11.3. The number of nitrogens with one attached hydrogen (secondary N) is 1. The van der Waals surface area contributed by atoms with E-state index >= 15 is 0 Å². The third-order valence-corrected chi connectivity index (χ3v) is 5.26. The van der Waals surface area contributed by atoms with Crippen molar-refractivity contribution in [3.05, 3.63) is 40.5 Å². The molecular formula is C18H19N3O4S. The first kappa shape index (κ1) is 17.9.